The lowest BCUT2D eigenvalue weighted by atomic mass is 10.2. The Kier molecular flexibility index (Phi) is 4.11. The van der Waals surface area contributed by atoms with Crippen LogP contribution in [-0.2, 0) is 9.59 Å². The first-order valence-electron chi connectivity index (χ1n) is 6.36. The Labute approximate surface area is 115 Å². The third-order valence-electron chi connectivity index (χ3n) is 2.97. The minimum absolute atomic E-state index is 0.00347. The zero-order chi connectivity index (χ0) is 14.7. The molecule has 2 heterocycles. The minimum Gasteiger partial charge on any atom is -0.355 e. The molecule has 1 saturated heterocycles. The van der Waals surface area contributed by atoms with Gasteiger partial charge in [-0.1, -0.05) is 6.92 Å². The molecule has 20 heavy (non-hydrogen) atoms. The van der Waals surface area contributed by atoms with E-state index < -0.39 is 17.8 Å². The first kappa shape index (κ1) is 14.2. The van der Waals surface area contributed by atoms with Crippen molar-refractivity contribution >= 4 is 23.6 Å². The molecule has 8 heteroatoms. The molecular weight excluding hydrogens is 265 g/mol. The Morgan fingerprint density at radius 2 is 2.25 bits per heavy atom. The highest BCUT2D eigenvalue weighted by molar-refractivity contribution is 6.06. The molecule has 0 saturated carbocycles. The highest BCUT2D eigenvalue weighted by Gasteiger charge is 2.36. The Balaban J connectivity index is 2.12. The van der Waals surface area contributed by atoms with Crippen molar-refractivity contribution in [3.8, 4) is 0 Å². The summed E-state index contributed by atoms with van der Waals surface area (Å²) in [6.45, 7) is 2.64. The molecule has 2 rings (SSSR count). The van der Waals surface area contributed by atoms with E-state index >= 15 is 0 Å². The van der Waals surface area contributed by atoms with Crippen LogP contribution < -0.4 is 10.6 Å². The van der Waals surface area contributed by atoms with Crippen molar-refractivity contribution in [1.29, 1.82) is 0 Å². The molecule has 0 bridgehead atoms. The summed E-state index contributed by atoms with van der Waals surface area (Å²) in [6, 6.07) is -0.782. The van der Waals surface area contributed by atoms with Gasteiger partial charge in [0.05, 0.1) is 12.6 Å². The second-order valence-electron chi connectivity index (χ2n) is 4.51. The monoisotopic (exact) mass is 281 g/mol. The topological polar surface area (TPSA) is 87.2 Å². The van der Waals surface area contributed by atoms with Crippen molar-refractivity contribution in [1.82, 2.24) is 14.9 Å². The summed E-state index contributed by atoms with van der Waals surface area (Å²) in [5, 5.41) is 5.58. The number of halogens is 1. The molecule has 0 aliphatic carbocycles. The zero-order valence-electron chi connectivity index (χ0n) is 11.3. The molecule has 1 aliphatic rings. The number of aromatic nitrogens is 2. The van der Waals surface area contributed by atoms with Crippen LogP contribution in [0, 0.1) is 5.82 Å². The van der Waals surface area contributed by atoms with Gasteiger partial charge in [0, 0.05) is 13.6 Å². The van der Waals surface area contributed by atoms with Crippen LogP contribution in [0.25, 0.3) is 0 Å². The molecule has 1 unspecified atom stereocenters. The maximum Gasteiger partial charge on any atom is 0.251 e. The molecule has 1 fully saturated rings. The number of anilines is 2. The lowest BCUT2D eigenvalue weighted by Crippen LogP contribution is -2.32. The van der Waals surface area contributed by atoms with Crippen molar-refractivity contribution in [3.05, 3.63) is 12.0 Å². The number of hydrogen-bond donors (Lipinski definition) is 2. The SMILES string of the molecule is CCCNc1ncc(F)c(NC2CC(=O)N(C)C2=O)n1. The number of imide groups is 1. The molecule has 0 spiro atoms. The molecule has 108 valence electrons. The van der Waals surface area contributed by atoms with Crippen molar-refractivity contribution < 1.29 is 14.0 Å². The van der Waals surface area contributed by atoms with Crippen molar-refractivity contribution in [2.75, 3.05) is 24.2 Å². The van der Waals surface area contributed by atoms with Crippen LogP contribution >= 0.6 is 0 Å². The van der Waals surface area contributed by atoms with Gasteiger partial charge < -0.3 is 10.6 Å². The summed E-state index contributed by atoms with van der Waals surface area (Å²) in [7, 11) is 1.40. The average Bonchev–Trinajstić information content (AvgIpc) is 2.67. The van der Waals surface area contributed by atoms with E-state index in [1.165, 1.54) is 7.05 Å². The number of rotatable bonds is 5. The maximum atomic E-state index is 13.6. The molecule has 1 atom stereocenters. The van der Waals surface area contributed by atoms with Crippen molar-refractivity contribution in [2.24, 2.45) is 0 Å². The summed E-state index contributed by atoms with van der Waals surface area (Å²) in [5.41, 5.74) is 0. The molecule has 0 radical (unpaired) electrons. The van der Waals surface area contributed by atoms with Crippen LogP contribution in [0.3, 0.4) is 0 Å². The Hall–Kier alpha value is -2.25. The molecule has 2 N–H and O–H groups in total. The molecular formula is C12H16FN5O2. The number of nitrogens with one attached hydrogen (secondary N) is 2. The highest BCUT2D eigenvalue weighted by Crippen LogP contribution is 2.18. The summed E-state index contributed by atoms with van der Waals surface area (Å²) >= 11 is 0. The first-order chi connectivity index (χ1) is 9.52. The minimum atomic E-state index is -0.782. The maximum absolute atomic E-state index is 13.6. The predicted molar refractivity (Wildman–Crippen MR) is 70.6 cm³/mol. The summed E-state index contributed by atoms with van der Waals surface area (Å²) in [5.74, 6) is -1.16. The molecule has 2 amide bonds. The van der Waals surface area contributed by atoms with Gasteiger partial charge >= 0.3 is 0 Å². The van der Waals surface area contributed by atoms with Crippen molar-refractivity contribution in [3.63, 3.8) is 0 Å². The normalized spacial score (nSPS) is 18.6. The smallest absolute Gasteiger partial charge is 0.251 e. The van der Waals surface area contributed by atoms with Gasteiger partial charge in [-0.3, -0.25) is 14.5 Å². The van der Waals surface area contributed by atoms with Crippen LogP contribution in [0.4, 0.5) is 16.2 Å². The summed E-state index contributed by atoms with van der Waals surface area (Å²) in [6.07, 6.45) is 1.90. The Morgan fingerprint density at radius 1 is 1.50 bits per heavy atom. The average molecular weight is 281 g/mol. The fourth-order valence-corrected chi connectivity index (χ4v) is 1.82. The fourth-order valence-electron chi connectivity index (χ4n) is 1.82. The lowest BCUT2D eigenvalue weighted by Gasteiger charge is -2.13. The van der Waals surface area contributed by atoms with E-state index in [2.05, 4.69) is 20.6 Å². The largest absolute Gasteiger partial charge is 0.355 e. The van der Waals surface area contributed by atoms with Gasteiger partial charge in [-0.15, -0.1) is 0 Å². The van der Waals surface area contributed by atoms with E-state index in [1.807, 2.05) is 6.92 Å². The third kappa shape index (κ3) is 2.84. The summed E-state index contributed by atoms with van der Waals surface area (Å²) < 4.78 is 13.6. The van der Waals surface area contributed by atoms with Crippen molar-refractivity contribution in [2.45, 2.75) is 25.8 Å². The van der Waals surface area contributed by atoms with Gasteiger partial charge in [0.15, 0.2) is 11.6 Å². The number of nitrogens with zero attached hydrogens (tertiary/aromatic N) is 3. The number of hydrogen-bond acceptors (Lipinski definition) is 6. The fraction of sp³-hybridized carbons (Fsp3) is 0.500. The van der Waals surface area contributed by atoms with Gasteiger partial charge in [-0.25, -0.2) is 9.37 Å². The Morgan fingerprint density at radius 3 is 2.85 bits per heavy atom. The molecule has 1 aliphatic heterocycles. The third-order valence-corrected chi connectivity index (χ3v) is 2.97. The number of carbonyl (C=O) groups is 2. The number of carbonyl (C=O) groups excluding carboxylic acids is 2. The van der Waals surface area contributed by atoms with E-state index in [1.54, 1.807) is 0 Å². The second-order valence-corrected chi connectivity index (χ2v) is 4.51. The molecule has 0 aromatic carbocycles. The lowest BCUT2D eigenvalue weighted by molar-refractivity contribution is -0.136. The van der Waals surface area contributed by atoms with Crippen LogP contribution in [-0.4, -0.2) is 46.3 Å². The van der Waals surface area contributed by atoms with E-state index in [0.717, 1.165) is 17.5 Å². The predicted octanol–water partition coefficient (Wildman–Crippen LogP) is 0.607. The number of likely N-dealkylation sites (N-methyl/N-ethyl adjacent to an activating group) is 1. The molecule has 7 nitrogen and oxygen atoms in total. The number of likely N-dealkylation sites (tertiary alicyclic amines) is 1. The second kappa shape index (κ2) is 5.81. The van der Waals surface area contributed by atoms with Gasteiger partial charge in [0.25, 0.3) is 5.91 Å². The quantitative estimate of drug-likeness (QED) is 0.769. The van der Waals surface area contributed by atoms with Gasteiger partial charge in [-0.2, -0.15) is 4.98 Å². The molecule has 1 aromatic heterocycles. The van der Waals surface area contributed by atoms with Gasteiger partial charge in [0.1, 0.15) is 6.04 Å². The Bertz CT molecular complexity index is 537. The van der Waals surface area contributed by atoms with Crippen LogP contribution in [0.15, 0.2) is 6.20 Å². The van der Waals surface area contributed by atoms with E-state index in [9.17, 15) is 14.0 Å². The van der Waals surface area contributed by atoms with Gasteiger partial charge in [-0.05, 0) is 6.42 Å². The van der Waals surface area contributed by atoms with Gasteiger partial charge in [0.2, 0.25) is 11.9 Å². The van der Waals surface area contributed by atoms with E-state index in [0.29, 0.717) is 6.54 Å². The summed E-state index contributed by atoms with van der Waals surface area (Å²) in [4.78, 5) is 31.9. The zero-order valence-corrected chi connectivity index (χ0v) is 11.3. The van der Waals surface area contributed by atoms with E-state index in [4.69, 9.17) is 0 Å². The highest BCUT2D eigenvalue weighted by atomic mass is 19.1. The van der Waals surface area contributed by atoms with Crippen LogP contribution in [0.5, 0.6) is 0 Å². The standard InChI is InChI=1S/C12H16FN5O2/c1-3-4-14-12-15-6-7(13)10(17-12)16-8-5-9(19)18(2)11(8)20/h6,8H,3-5H2,1-2H3,(H2,14,15,16,17). The van der Waals surface area contributed by atoms with E-state index in [-0.39, 0.29) is 24.1 Å². The number of amides is 2. The van der Waals surface area contributed by atoms with Crippen LogP contribution in [0.2, 0.25) is 0 Å². The van der Waals surface area contributed by atoms with Crippen LogP contribution in [0.1, 0.15) is 19.8 Å². The molecule has 1 aromatic rings. The first-order valence-corrected chi connectivity index (χ1v) is 6.36.